The Morgan fingerprint density at radius 1 is 1.31 bits per heavy atom. The van der Waals surface area contributed by atoms with E-state index >= 15 is 0 Å². The Labute approximate surface area is 80.4 Å². The lowest BCUT2D eigenvalue weighted by atomic mass is 10.5. The molecule has 13 heavy (non-hydrogen) atoms. The van der Waals surface area contributed by atoms with Crippen LogP contribution in [0.4, 0.5) is 0 Å². The van der Waals surface area contributed by atoms with E-state index in [1.807, 2.05) is 25.5 Å². The highest BCUT2D eigenvalue weighted by Gasteiger charge is 1.96. The van der Waals surface area contributed by atoms with Gasteiger partial charge in [-0.3, -0.25) is 4.68 Å². The molecule has 4 nitrogen and oxygen atoms in total. The van der Waals surface area contributed by atoms with Gasteiger partial charge in [-0.1, -0.05) is 12.2 Å². The van der Waals surface area contributed by atoms with Crippen LogP contribution < -0.4 is 0 Å². The predicted octanol–water partition coefficient (Wildman–Crippen LogP) is 1.34. The molecule has 0 unspecified atom stereocenters. The van der Waals surface area contributed by atoms with E-state index in [1.54, 1.807) is 21.8 Å². The molecule has 0 amide bonds. The topological polar surface area (TPSA) is 35.6 Å². The smallest absolute Gasteiger partial charge is 0.102 e. The first-order chi connectivity index (χ1) is 6.25. The largest absolute Gasteiger partial charge is 0.274 e. The summed E-state index contributed by atoms with van der Waals surface area (Å²) in [4.78, 5) is 0. The van der Waals surface area contributed by atoms with Crippen LogP contribution in [0.2, 0.25) is 0 Å². The summed E-state index contributed by atoms with van der Waals surface area (Å²) in [5.41, 5.74) is 0.928. The Morgan fingerprint density at radius 2 is 2.15 bits per heavy atom. The van der Waals surface area contributed by atoms with Crippen molar-refractivity contribution < 1.29 is 0 Å². The van der Waals surface area contributed by atoms with Gasteiger partial charge in [0.15, 0.2) is 0 Å². The minimum atomic E-state index is 0.736. The van der Waals surface area contributed by atoms with Gasteiger partial charge >= 0.3 is 0 Å². The predicted molar refractivity (Wildman–Crippen MR) is 51.2 cm³/mol. The van der Waals surface area contributed by atoms with Crippen molar-refractivity contribution >= 4 is 12.2 Å². The van der Waals surface area contributed by atoms with Crippen LogP contribution in [0.5, 0.6) is 0 Å². The molecule has 0 N–H and O–H groups in total. The summed E-state index contributed by atoms with van der Waals surface area (Å²) >= 11 is 4.93. The van der Waals surface area contributed by atoms with Crippen molar-refractivity contribution in [3.8, 4) is 5.69 Å². The van der Waals surface area contributed by atoms with Gasteiger partial charge in [-0.25, -0.2) is 4.68 Å². The fourth-order valence-electron chi connectivity index (χ4n) is 1.02. The average Bonchev–Trinajstić information content (AvgIpc) is 2.53. The summed E-state index contributed by atoms with van der Waals surface area (Å²) in [6.45, 7) is 0. The van der Waals surface area contributed by atoms with Crippen molar-refractivity contribution in [2.45, 2.75) is 0 Å². The Bertz CT molecular complexity index is 450. The van der Waals surface area contributed by atoms with Crippen LogP contribution in [0.1, 0.15) is 0 Å². The van der Waals surface area contributed by atoms with E-state index in [0.29, 0.717) is 0 Å². The lowest BCUT2D eigenvalue weighted by Crippen LogP contribution is -1.97. The van der Waals surface area contributed by atoms with Gasteiger partial charge in [0.1, 0.15) is 5.69 Å². The highest BCUT2D eigenvalue weighted by molar-refractivity contribution is 7.71. The first kappa shape index (κ1) is 8.12. The monoisotopic (exact) mass is 192 g/mol. The van der Waals surface area contributed by atoms with Gasteiger partial charge in [0.2, 0.25) is 0 Å². The standard InChI is InChI=1S/C8H8N4S/c1-11-6-7(4-9-11)12-3-2-8(13)5-10-12/h2-6H,1H3. The second kappa shape index (κ2) is 3.10. The number of aryl methyl sites for hydroxylation is 1. The maximum absolute atomic E-state index is 4.93. The third-order valence-electron chi connectivity index (χ3n) is 1.65. The van der Waals surface area contributed by atoms with E-state index in [0.717, 1.165) is 10.2 Å². The molecule has 0 saturated carbocycles. The van der Waals surface area contributed by atoms with E-state index in [9.17, 15) is 0 Å². The summed E-state index contributed by atoms with van der Waals surface area (Å²) in [5.74, 6) is 0. The third-order valence-corrected chi connectivity index (χ3v) is 1.89. The maximum Gasteiger partial charge on any atom is 0.102 e. The van der Waals surface area contributed by atoms with Gasteiger partial charge in [-0.2, -0.15) is 10.2 Å². The van der Waals surface area contributed by atoms with Crippen molar-refractivity contribution in [2.75, 3.05) is 0 Å². The molecule has 2 aromatic heterocycles. The van der Waals surface area contributed by atoms with Gasteiger partial charge in [-0.05, 0) is 6.07 Å². The highest BCUT2D eigenvalue weighted by Crippen LogP contribution is 2.02. The number of hydrogen-bond acceptors (Lipinski definition) is 3. The molecular formula is C8H8N4S. The van der Waals surface area contributed by atoms with E-state index in [2.05, 4.69) is 10.2 Å². The van der Waals surface area contributed by atoms with Crippen LogP contribution in [0.3, 0.4) is 0 Å². The van der Waals surface area contributed by atoms with Crippen molar-refractivity contribution in [3.63, 3.8) is 0 Å². The lowest BCUT2D eigenvalue weighted by molar-refractivity contribution is 0.765. The van der Waals surface area contributed by atoms with Crippen LogP contribution in [-0.2, 0) is 7.05 Å². The minimum absolute atomic E-state index is 0.736. The first-order valence-electron chi connectivity index (χ1n) is 3.80. The molecule has 5 heteroatoms. The molecule has 2 rings (SSSR count). The van der Waals surface area contributed by atoms with Crippen molar-refractivity contribution in [2.24, 2.45) is 7.05 Å². The SMILES string of the molecule is Cn1cc(-n2ccc(=S)cn2)cn1. The average molecular weight is 192 g/mol. The highest BCUT2D eigenvalue weighted by atomic mass is 32.1. The molecule has 0 radical (unpaired) electrons. The van der Waals surface area contributed by atoms with Crippen LogP contribution in [0.15, 0.2) is 30.9 Å². The second-order valence-corrected chi connectivity index (χ2v) is 3.15. The van der Waals surface area contributed by atoms with Gasteiger partial charge < -0.3 is 0 Å². The number of hydrogen-bond donors (Lipinski definition) is 0. The van der Waals surface area contributed by atoms with Crippen molar-refractivity contribution in [1.82, 2.24) is 19.6 Å². The molecule has 2 aromatic rings. The maximum atomic E-state index is 4.93. The summed E-state index contributed by atoms with van der Waals surface area (Å²) < 4.78 is 4.19. The minimum Gasteiger partial charge on any atom is -0.274 e. The summed E-state index contributed by atoms with van der Waals surface area (Å²) in [6.07, 6.45) is 7.09. The molecule has 0 aliphatic rings. The van der Waals surface area contributed by atoms with Gasteiger partial charge in [0.05, 0.1) is 23.1 Å². The van der Waals surface area contributed by atoms with Crippen molar-refractivity contribution in [1.29, 1.82) is 0 Å². The molecule has 0 fully saturated rings. The summed E-state index contributed by atoms with van der Waals surface area (Å²) in [6, 6.07) is 1.83. The Morgan fingerprint density at radius 3 is 2.69 bits per heavy atom. The van der Waals surface area contributed by atoms with E-state index < -0.39 is 0 Å². The Kier molecular flexibility index (Phi) is 1.94. The zero-order chi connectivity index (χ0) is 9.26. The number of aromatic nitrogens is 4. The molecular weight excluding hydrogens is 184 g/mol. The summed E-state index contributed by atoms with van der Waals surface area (Å²) in [5, 5.41) is 8.17. The van der Waals surface area contributed by atoms with Crippen LogP contribution in [0.25, 0.3) is 5.69 Å². The molecule has 0 bridgehead atoms. The lowest BCUT2D eigenvalue weighted by Gasteiger charge is -1.98. The van der Waals surface area contributed by atoms with E-state index in [1.165, 1.54) is 0 Å². The molecule has 0 aliphatic heterocycles. The van der Waals surface area contributed by atoms with Crippen molar-refractivity contribution in [3.05, 3.63) is 35.4 Å². The molecule has 0 saturated heterocycles. The number of rotatable bonds is 1. The molecule has 66 valence electrons. The number of nitrogens with zero attached hydrogens (tertiary/aromatic N) is 4. The van der Waals surface area contributed by atoms with Crippen LogP contribution in [0, 0.1) is 4.51 Å². The molecule has 2 heterocycles. The first-order valence-corrected chi connectivity index (χ1v) is 4.20. The van der Waals surface area contributed by atoms with Gasteiger partial charge in [-0.15, -0.1) is 0 Å². The quantitative estimate of drug-likeness (QED) is 0.639. The molecule has 0 aromatic carbocycles. The summed E-state index contributed by atoms with van der Waals surface area (Å²) in [7, 11) is 1.87. The Hall–Kier alpha value is -1.49. The van der Waals surface area contributed by atoms with Gasteiger partial charge in [0.25, 0.3) is 0 Å². The fraction of sp³-hybridized carbons (Fsp3) is 0.125. The zero-order valence-corrected chi connectivity index (χ0v) is 7.90. The third kappa shape index (κ3) is 1.65. The van der Waals surface area contributed by atoms with E-state index in [4.69, 9.17) is 12.2 Å². The van der Waals surface area contributed by atoms with E-state index in [-0.39, 0.29) is 0 Å². The molecule has 0 atom stereocenters. The molecule has 0 spiro atoms. The zero-order valence-electron chi connectivity index (χ0n) is 7.08. The van der Waals surface area contributed by atoms with Gasteiger partial charge in [0, 0.05) is 13.2 Å². The molecule has 0 aliphatic carbocycles. The van der Waals surface area contributed by atoms with Crippen LogP contribution >= 0.6 is 12.2 Å². The second-order valence-electron chi connectivity index (χ2n) is 2.68. The van der Waals surface area contributed by atoms with Crippen LogP contribution in [-0.4, -0.2) is 19.6 Å². The fourth-order valence-corrected chi connectivity index (χ4v) is 1.13. The Balaban J connectivity index is 2.47. The normalized spacial score (nSPS) is 10.2.